The van der Waals surface area contributed by atoms with E-state index in [1.54, 1.807) is 12.2 Å². The largest absolute Gasteiger partial charge is 0.119 e. The first-order chi connectivity index (χ1) is 3.85. The Balaban J connectivity index is 3.56. The topological polar surface area (TPSA) is 0 Å². The molecule has 8 heavy (non-hydrogen) atoms. The highest BCUT2D eigenvalue weighted by molar-refractivity contribution is 5.04. The number of rotatable bonds is 3. The predicted octanol–water partition coefficient (Wildman–Crippen LogP) is 2.00. The van der Waals surface area contributed by atoms with E-state index in [1.807, 2.05) is 0 Å². The van der Waals surface area contributed by atoms with Crippen molar-refractivity contribution >= 4 is 0 Å². The van der Waals surface area contributed by atoms with E-state index >= 15 is 0 Å². The van der Waals surface area contributed by atoms with Crippen molar-refractivity contribution in [1.82, 2.24) is 0 Å². The van der Waals surface area contributed by atoms with Crippen LogP contribution in [0.4, 0.5) is 0 Å². The van der Waals surface area contributed by atoms with Crippen LogP contribution in [0.15, 0.2) is 25.3 Å². The molecule has 0 aromatic carbocycles. The number of allylic oxidation sites excluding steroid dienone is 2. The smallest absolute Gasteiger partial charge is 0.0411 e. The maximum absolute atomic E-state index is 5.10. The van der Waals surface area contributed by atoms with E-state index in [4.69, 9.17) is 6.42 Å². The summed E-state index contributed by atoms with van der Waals surface area (Å²) in [6, 6.07) is 0. The normalized spacial score (nSPS) is 11.4. The second-order valence-electron chi connectivity index (χ2n) is 1.53. The van der Waals surface area contributed by atoms with Crippen molar-refractivity contribution in [1.29, 1.82) is 0 Å². The average molecular weight is 106 g/mol. The van der Waals surface area contributed by atoms with Crippen LogP contribution in [0.3, 0.4) is 0 Å². The molecule has 0 aliphatic carbocycles. The highest BCUT2D eigenvalue weighted by Gasteiger charge is 1.91. The van der Waals surface area contributed by atoms with Crippen LogP contribution in [-0.4, -0.2) is 0 Å². The van der Waals surface area contributed by atoms with Gasteiger partial charge in [0.2, 0.25) is 0 Å². The first-order valence-electron chi connectivity index (χ1n) is 2.54. The fourth-order valence-electron chi connectivity index (χ4n) is 0.412. The Bertz CT molecular complexity index is 114. The Hall–Kier alpha value is -0.960. The summed E-state index contributed by atoms with van der Waals surface area (Å²) in [5, 5.41) is 0. The van der Waals surface area contributed by atoms with E-state index in [0.717, 1.165) is 6.42 Å². The van der Waals surface area contributed by atoms with E-state index in [2.05, 4.69) is 19.1 Å². The van der Waals surface area contributed by atoms with Gasteiger partial charge in [0.05, 0.1) is 0 Å². The van der Waals surface area contributed by atoms with Crippen LogP contribution >= 0.6 is 0 Å². The minimum Gasteiger partial charge on any atom is -0.119 e. The lowest BCUT2D eigenvalue weighted by Gasteiger charge is -1.95. The Morgan fingerprint density at radius 2 is 2.25 bits per heavy atom. The molecule has 0 bridgehead atoms. The molecule has 0 saturated heterocycles. The van der Waals surface area contributed by atoms with E-state index in [9.17, 15) is 0 Å². The Morgan fingerprint density at radius 3 is 2.38 bits per heavy atom. The second kappa shape index (κ2) is 4.21. The fraction of sp³-hybridized carbons (Fsp3) is 0.250. The summed E-state index contributed by atoms with van der Waals surface area (Å²) in [6.07, 6.45) is 9.48. The third-order valence-electron chi connectivity index (χ3n) is 0.919. The SMILES string of the molecule is C#CC(C=C)CC=C. The van der Waals surface area contributed by atoms with Gasteiger partial charge in [-0.2, -0.15) is 0 Å². The first-order valence-corrected chi connectivity index (χ1v) is 2.54. The molecule has 0 N–H and O–H groups in total. The van der Waals surface area contributed by atoms with Gasteiger partial charge in [-0.15, -0.1) is 19.6 Å². The van der Waals surface area contributed by atoms with Crippen LogP contribution < -0.4 is 0 Å². The molecule has 0 fully saturated rings. The third-order valence-corrected chi connectivity index (χ3v) is 0.919. The molecule has 0 aliphatic rings. The predicted molar refractivity (Wildman–Crippen MR) is 37.3 cm³/mol. The number of hydrogen-bond donors (Lipinski definition) is 0. The van der Waals surface area contributed by atoms with E-state index in [-0.39, 0.29) is 5.92 Å². The van der Waals surface area contributed by atoms with Crippen LogP contribution in [0.2, 0.25) is 0 Å². The van der Waals surface area contributed by atoms with Crippen molar-refractivity contribution in [3.63, 3.8) is 0 Å². The third kappa shape index (κ3) is 2.25. The van der Waals surface area contributed by atoms with Gasteiger partial charge >= 0.3 is 0 Å². The molecule has 0 heteroatoms. The van der Waals surface area contributed by atoms with E-state index in [0.29, 0.717) is 0 Å². The van der Waals surface area contributed by atoms with Crippen molar-refractivity contribution in [3.05, 3.63) is 25.3 Å². The van der Waals surface area contributed by atoms with Gasteiger partial charge in [-0.05, 0) is 6.42 Å². The zero-order valence-corrected chi connectivity index (χ0v) is 4.93. The average Bonchev–Trinajstić information content (AvgIpc) is 1.83. The number of terminal acetylenes is 1. The second-order valence-corrected chi connectivity index (χ2v) is 1.53. The van der Waals surface area contributed by atoms with Crippen LogP contribution in [0.25, 0.3) is 0 Å². The van der Waals surface area contributed by atoms with Gasteiger partial charge in [-0.25, -0.2) is 0 Å². The summed E-state index contributed by atoms with van der Waals surface area (Å²) in [4.78, 5) is 0. The quantitative estimate of drug-likeness (QED) is 0.381. The molecule has 1 atom stereocenters. The van der Waals surface area contributed by atoms with Crippen LogP contribution in [0.5, 0.6) is 0 Å². The fourth-order valence-corrected chi connectivity index (χ4v) is 0.412. The Kier molecular flexibility index (Phi) is 3.70. The molecule has 0 heterocycles. The van der Waals surface area contributed by atoms with Gasteiger partial charge in [-0.3, -0.25) is 0 Å². The van der Waals surface area contributed by atoms with Gasteiger partial charge in [0.15, 0.2) is 0 Å². The summed E-state index contributed by atoms with van der Waals surface area (Å²) >= 11 is 0. The van der Waals surface area contributed by atoms with Crippen LogP contribution in [0, 0.1) is 18.3 Å². The lowest BCUT2D eigenvalue weighted by molar-refractivity contribution is 0.869. The molecule has 0 aliphatic heterocycles. The first kappa shape index (κ1) is 7.04. The lowest BCUT2D eigenvalue weighted by atomic mass is 10.1. The monoisotopic (exact) mass is 106 g/mol. The van der Waals surface area contributed by atoms with Crippen LogP contribution in [0.1, 0.15) is 6.42 Å². The lowest BCUT2D eigenvalue weighted by Crippen LogP contribution is -1.86. The maximum Gasteiger partial charge on any atom is 0.0411 e. The molecule has 0 aromatic rings. The molecule has 0 spiro atoms. The Labute approximate surface area is 50.9 Å². The minimum absolute atomic E-state index is 0.174. The van der Waals surface area contributed by atoms with Gasteiger partial charge in [0.1, 0.15) is 0 Å². The summed E-state index contributed by atoms with van der Waals surface area (Å²) in [5.41, 5.74) is 0. The van der Waals surface area contributed by atoms with Gasteiger partial charge < -0.3 is 0 Å². The Morgan fingerprint density at radius 1 is 1.62 bits per heavy atom. The molecular weight excluding hydrogens is 96.1 g/mol. The van der Waals surface area contributed by atoms with Crippen molar-refractivity contribution in [2.75, 3.05) is 0 Å². The molecular formula is C8H10. The maximum atomic E-state index is 5.10. The summed E-state index contributed by atoms with van der Waals surface area (Å²) in [6.45, 7) is 7.11. The standard InChI is InChI=1S/C8H10/c1-4-7-8(5-2)6-3/h2,4,6,8H,1,3,7H2. The van der Waals surface area contributed by atoms with Crippen molar-refractivity contribution in [2.45, 2.75) is 6.42 Å². The van der Waals surface area contributed by atoms with Crippen molar-refractivity contribution < 1.29 is 0 Å². The summed E-state index contributed by atoms with van der Waals surface area (Å²) in [7, 11) is 0. The molecule has 42 valence electrons. The van der Waals surface area contributed by atoms with Crippen LogP contribution in [-0.2, 0) is 0 Å². The highest BCUT2D eigenvalue weighted by Crippen LogP contribution is 2.00. The zero-order chi connectivity index (χ0) is 6.41. The van der Waals surface area contributed by atoms with E-state index in [1.165, 1.54) is 0 Å². The number of hydrogen-bond acceptors (Lipinski definition) is 0. The molecule has 0 nitrogen and oxygen atoms in total. The van der Waals surface area contributed by atoms with Gasteiger partial charge in [0.25, 0.3) is 0 Å². The minimum atomic E-state index is 0.174. The summed E-state index contributed by atoms with van der Waals surface area (Å²) < 4.78 is 0. The van der Waals surface area contributed by atoms with Crippen molar-refractivity contribution in [3.8, 4) is 12.3 Å². The molecule has 0 radical (unpaired) electrons. The molecule has 0 aromatic heterocycles. The highest BCUT2D eigenvalue weighted by atomic mass is 13.9. The van der Waals surface area contributed by atoms with Gasteiger partial charge in [-0.1, -0.05) is 18.1 Å². The van der Waals surface area contributed by atoms with Gasteiger partial charge in [0, 0.05) is 5.92 Å². The molecule has 0 amide bonds. The zero-order valence-electron chi connectivity index (χ0n) is 4.93. The molecule has 0 saturated carbocycles. The molecule has 1 unspecified atom stereocenters. The van der Waals surface area contributed by atoms with E-state index < -0.39 is 0 Å². The molecule has 0 rings (SSSR count). The van der Waals surface area contributed by atoms with Crippen molar-refractivity contribution in [2.24, 2.45) is 5.92 Å². The summed E-state index contributed by atoms with van der Waals surface area (Å²) in [5.74, 6) is 2.74.